The standard InChI is InChI=1S/C17H34N2/c1-2-14-9-8-12-16(13-14)17(19-18)15-10-6-4-3-5-7-11-15/h14-17,19H,2-13,18H2,1H3. The van der Waals surface area contributed by atoms with Gasteiger partial charge >= 0.3 is 0 Å². The van der Waals surface area contributed by atoms with E-state index in [2.05, 4.69) is 12.3 Å². The first-order chi connectivity index (χ1) is 9.35. The molecule has 0 aliphatic heterocycles. The third kappa shape index (κ3) is 4.46. The summed E-state index contributed by atoms with van der Waals surface area (Å²) in [6.07, 6.45) is 17.1. The van der Waals surface area contributed by atoms with E-state index in [-0.39, 0.29) is 0 Å². The van der Waals surface area contributed by atoms with E-state index in [4.69, 9.17) is 5.84 Å². The molecule has 0 amide bonds. The molecule has 0 aromatic heterocycles. The van der Waals surface area contributed by atoms with Crippen molar-refractivity contribution in [1.82, 2.24) is 5.43 Å². The topological polar surface area (TPSA) is 38.0 Å². The fraction of sp³-hybridized carbons (Fsp3) is 1.00. The van der Waals surface area contributed by atoms with Crippen LogP contribution in [0.5, 0.6) is 0 Å². The van der Waals surface area contributed by atoms with Crippen molar-refractivity contribution >= 4 is 0 Å². The van der Waals surface area contributed by atoms with E-state index < -0.39 is 0 Å². The largest absolute Gasteiger partial charge is 0.271 e. The van der Waals surface area contributed by atoms with Gasteiger partial charge in [0.25, 0.3) is 0 Å². The van der Waals surface area contributed by atoms with Crippen molar-refractivity contribution in [3.8, 4) is 0 Å². The minimum atomic E-state index is 0.590. The second kappa shape index (κ2) is 8.26. The smallest absolute Gasteiger partial charge is 0.0267 e. The average Bonchev–Trinajstić information content (AvgIpc) is 2.42. The van der Waals surface area contributed by atoms with E-state index in [0.717, 1.165) is 17.8 Å². The van der Waals surface area contributed by atoms with Gasteiger partial charge in [0.1, 0.15) is 0 Å². The zero-order valence-electron chi connectivity index (χ0n) is 12.9. The molecule has 0 aromatic carbocycles. The Bertz CT molecular complexity index is 231. The molecule has 0 spiro atoms. The maximum absolute atomic E-state index is 5.96. The normalized spacial score (nSPS) is 32.5. The van der Waals surface area contributed by atoms with E-state index in [1.165, 1.54) is 77.0 Å². The lowest BCUT2D eigenvalue weighted by Gasteiger charge is -2.38. The van der Waals surface area contributed by atoms with Gasteiger partial charge in [-0.25, -0.2) is 0 Å². The molecule has 2 nitrogen and oxygen atoms in total. The highest BCUT2D eigenvalue weighted by atomic mass is 15.2. The van der Waals surface area contributed by atoms with Gasteiger partial charge in [-0.05, 0) is 43.4 Å². The number of nitrogens with two attached hydrogens (primary N) is 1. The van der Waals surface area contributed by atoms with Gasteiger partial charge in [-0.2, -0.15) is 0 Å². The Morgan fingerprint density at radius 1 is 0.895 bits per heavy atom. The van der Waals surface area contributed by atoms with E-state index in [1.807, 2.05) is 0 Å². The van der Waals surface area contributed by atoms with Crippen LogP contribution in [0.15, 0.2) is 0 Å². The SMILES string of the molecule is CCC1CCCC(C(NN)C2CCCCCCC2)C1. The molecule has 2 heteroatoms. The molecule has 19 heavy (non-hydrogen) atoms. The van der Waals surface area contributed by atoms with Gasteiger partial charge in [-0.15, -0.1) is 0 Å². The molecule has 3 atom stereocenters. The number of hydrogen-bond acceptors (Lipinski definition) is 2. The summed E-state index contributed by atoms with van der Waals surface area (Å²) < 4.78 is 0. The highest BCUT2D eigenvalue weighted by molar-refractivity contribution is 4.86. The van der Waals surface area contributed by atoms with Gasteiger partial charge < -0.3 is 0 Å². The summed E-state index contributed by atoms with van der Waals surface area (Å²) in [5.41, 5.74) is 3.23. The molecule has 3 N–H and O–H groups in total. The van der Waals surface area contributed by atoms with E-state index in [0.29, 0.717) is 6.04 Å². The van der Waals surface area contributed by atoms with Crippen LogP contribution in [0.1, 0.15) is 84.0 Å². The van der Waals surface area contributed by atoms with Crippen LogP contribution in [0.25, 0.3) is 0 Å². The summed E-state index contributed by atoms with van der Waals surface area (Å²) in [6, 6.07) is 0.590. The molecule has 2 aliphatic rings. The zero-order valence-corrected chi connectivity index (χ0v) is 12.9. The highest BCUT2D eigenvalue weighted by Crippen LogP contribution is 2.37. The first-order valence-electron chi connectivity index (χ1n) is 8.81. The first kappa shape index (κ1) is 15.3. The summed E-state index contributed by atoms with van der Waals surface area (Å²) in [5, 5.41) is 0. The second-order valence-electron chi connectivity index (χ2n) is 7.00. The molecule has 3 unspecified atom stereocenters. The lowest BCUT2D eigenvalue weighted by Crippen LogP contribution is -2.47. The zero-order chi connectivity index (χ0) is 13.5. The second-order valence-corrected chi connectivity index (χ2v) is 7.00. The third-order valence-corrected chi connectivity index (χ3v) is 5.76. The van der Waals surface area contributed by atoms with E-state index >= 15 is 0 Å². The Morgan fingerprint density at radius 3 is 2.16 bits per heavy atom. The molecule has 0 heterocycles. The lowest BCUT2D eigenvalue weighted by atomic mass is 9.71. The van der Waals surface area contributed by atoms with Crippen molar-refractivity contribution in [2.45, 2.75) is 90.0 Å². The Kier molecular flexibility index (Phi) is 6.66. The monoisotopic (exact) mass is 266 g/mol. The Balaban J connectivity index is 1.92. The molecule has 2 fully saturated rings. The maximum Gasteiger partial charge on any atom is 0.0267 e. The summed E-state index contributed by atoms with van der Waals surface area (Å²) in [6.45, 7) is 2.35. The summed E-state index contributed by atoms with van der Waals surface area (Å²) in [5.74, 6) is 8.60. The molecule has 112 valence electrons. The number of hydrazine groups is 1. The summed E-state index contributed by atoms with van der Waals surface area (Å²) >= 11 is 0. The third-order valence-electron chi connectivity index (χ3n) is 5.76. The lowest BCUT2D eigenvalue weighted by molar-refractivity contribution is 0.151. The van der Waals surface area contributed by atoms with Crippen LogP contribution >= 0.6 is 0 Å². The van der Waals surface area contributed by atoms with Crippen LogP contribution in [0.2, 0.25) is 0 Å². The van der Waals surface area contributed by atoms with Crippen LogP contribution in [0, 0.1) is 17.8 Å². The molecule has 2 aliphatic carbocycles. The van der Waals surface area contributed by atoms with Gasteiger partial charge in [0.05, 0.1) is 0 Å². The van der Waals surface area contributed by atoms with Gasteiger partial charge in [0.2, 0.25) is 0 Å². The van der Waals surface area contributed by atoms with Gasteiger partial charge in [0.15, 0.2) is 0 Å². The number of nitrogens with one attached hydrogen (secondary N) is 1. The predicted molar refractivity (Wildman–Crippen MR) is 82.7 cm³/mol. The first-order valence-corrected chi connectivity index (χ1v) is 8.81. The van der Waals surface area contributed by atoms with Gasteiger partial charge in [-0.1, -0.05) is 58.3 Å². The molecule has 0 aromatic rings. The Labute approximate surface area is 119 Å². The fourth-order valence-electron chi connectivity index (χ4n) is 4.53. The van der Waals surface area contributed by atoms with Crippen LogP contribution in [-0.2, 0) is 0 Å². The molecular weight excluding hydrogens is 232 g/mol. The van der Waals surface area contributed by atoms with Crippen molar-refractivity contribution < 1.29 is 0 Å². The summed E-state index contributed by atoms with van der Waals surface area (Å²) in [7, 11) is 0. The molecule has 2 saturated carbocycles. The van der Waals surface area contributed by atoms with Gasteiger partial charge in [0, 0.05) is 6.04 Å². The van der Waals surface area contributed by atoms with Crippen LogP contribution < -0.4 is 11.3 Å². The maximum atomic E-state index is 5.96. The van der Waals surface area contributed by atoms with Crippen molar-refractivity contribution in [2.24, 2.45) is 23.6 Å². The van der Waals surface area contributed by atoms with E-state index in [1.54, 1.807) is 0 Å². The molecule has 0 radical (unpaired) electrons. The minimum absolute atomic E-state index is 0.590. The number of hydrogen-bond donors (Lipinski definition) is 2. The molecule has 0 saturated heterocycles. The van der Waals surface area contributed by atoms with Crippen LogP contribution in [0.4, 0.5) is 0 Å². The Morgan fingerprint density at radius 2 is 1.53 bits per heavy atom. The molecular formula is C17H34N2. The predicted octanol–water partition coefficient (Wildman–Crippen LogP) is 4.40. The van der Waals surface area contributed by atoms with Crippen molar-refractivity contribution in [3.63, 3.8) is 0 Å². The van der Waals surface area contributed by atoms with Gasteiger partial charge in [-0.3, -0.25) is 11.3 Å². The number of rotatable bonds is 4. The average molecular weight is 266 g/mol. The van der Waals surface area contributed by atoms with Crippen LogP contribution in [0.3, 0.4) is 0 Å². The van der Waals surface area contributed by atoms with Crippen LogP contribution in [-0.4, -0.2) is 6.04 Å². The summed E-state index contributed by atoms with van der Waals surface area (Å²) in [4.78, 5) is 0. The van der Waals surface area contributed by atoms with Crippen molar-refractivity contribution in [1.29, 1.82) is 0 Å². The highest BCUT2D eigenvalue weighted by Gasteiger charge is 2.32. The minimum Gasteiger partial charge on any atom is -0.271 e. The van der Waals surface area contributed by atoms with Crippen molar-refractivity contribution in [2.75, 3.05) is 0 Å². The van der Waals surface area contributed by atoms with Crippen molar-refractivity contribution in [3.05, 3.63) is 0 Å². The van der Waals surface area contributed by atoms with E-state index in [9.17, 15) is 0 Å². The molecule has 0 bridgehead atoms. The molecule has 2 rings (SSSR count). The fourth-order valence-corrected chi connectivity index (χ4v) is 4.53. The quantitative estimate of drug-likeness (QED) is 0.585. The Hall–Kier alpha value is -0.0800.